The number of benzene rings is 1. The Labute approximate surface area is 113 Å². The Morgan fingerprint density at radius 2 is 1.84 bits per heavy atom. The number of ether oxygens (including phenoxy) is 2. The van der Waals surface area contributed by atoms with Gasteiger partial charge in [-0.25, -0.2) is 4.99 Å². The van der Waals surface area contributed by atoms with E-state index in [-0.39, 0.29) is 12.3 Å². The smallest absolute Gasteiger partial charge is 0.251 e. The third kappa shape index (κ3) is 4.28. The molecule has 1 aromatic rings. The second kappa shape index (κ2) is 6.78. The van der Waals surface area contributed by atoms with Crippen LogP contribution in [0.25, 0.3) is 0 Å². The summed E-state index contributed by atoms with van der Waals surface area (Å²) in [4.78, 5) is 17.6. The minimum atomic E-state index is -0.182. The highest BCUT2D eigenvalue weighted by molar-refractivity contribution is 5.93. The van der Waals surface area contributed by atoms with Gasteiger partial charge >= 0.3 is 0 Å². The molecule has 0 saturated heterocycles. The number of hydrogen-bond donors (Lipinski definition) is 0. The van der Waals surface area contributed by atoms with Gasteiger partial charge in [0.1, 0.15) is 5.84 Å². The number of amidine groups is 1. The maximum atomic E-state index is 11.8. The van der Waals surface area contributed by atoms with Crippen LogP contribution in [0.15, 0.2) is 23.2 Å². The standard InChI is InChI=1S/C14H20N2O3/c1-10(16(2)3)15-14(17)9-11-6-7-12(18-4)13(8-11)19-5/h6-8H,9H2,1-5H3. The zero-order valence-electron chi connectivity index (χ0n) is 12.1. The molecule has 5 heteroatoms. The SMILES string of the molecule is COc1ccc(CC(=O)N=C(C)N(C)C)cc1OC. The summed E-state index contributed by atoms with van der Waals surface area (Å²) in [5.74, 6) is 1.76. The highest BCUT2D eigenvalue weighted by atomic mass is 16.5. The van der Waals surface area contributed by atoms with E-state index >= 15 is 0 Å². The molecule has 1 rings (SSSR count). The topological polar surface area (TPSA) is 51.1 Å². The van der Waals surface area contributed by atoms with E-state index in [4.69, 9.17) is 9.47 Å². The van der Waals surface area contributed by atoms with Crippen LogP contribution in [-0.4, -0.2) is 45.0 Å². The molecule has 0 spiro atoms. The van der Waals surface area contributed by atoms with Gasteiger partial charge in [-0.05, 0) is 24.6 Å². The Kier molecular flexibility index (Phi) is 5.36. The molecule has 5 nitrogen and oxygen atoms in total. The largest absolute Gasteiger partial charge is 0.493 e. The molecule has 1 aromatic carbocycles. The fourth-order valence-corrected chi connectivity index (χ4v) is 1.49. The second-order valence-electron chi connectivity index (χ2n) is 4.31. The average Bonchev–Trinajstić information content (AvgIpc) is 2.38. The second-order valence-corrected chi connectivity index (χ2v) is 4.31. The first-order valence-corrected chi connectivity index (χ1v) is 5.94. The van der Waals surface area contributed by atoms with Crippen molar-refractivity contribution in [3.8, 4) is 11.5 Å². The highest BCUT2D eigenvalue weighted by Gasteiger charge is 2.08. The lowest BCUT2D eigenvalue weighted by molar-refractivity contribution is -0.117. The number of aliphatic imine (C=N–C) groups is 1. The third-order valence-electron chi connectivity index (χ3n) is 2.74. The molecule has 0 radical (unpaired) electrons. The number of carbonyl (C=O) groups excluding carboxylic acids is 1. The number of amides is 1. The van der Waals surface area contributed by atoms with E-state index in [9.17, 15) is 4.79 Å². The first-order valence-electron chi connectivity index (χ1n) is 5.94. The van der Waals surface area contributed by atoms with Gasteiger partial charge in [-0.3, -0.25) is 4.79 Å². The van der Waals surface area contributed by atoms with Crippen LogP contribution in [-0.2, 0) is 11.2 Å². The Hall–Kier alpha value is -2.04. The Morgan fingerprint density at radius 3 is 2.37 bits per heavy atom. The lowest BCUT2D eigenvalue weighted by atomic mass is 10.1. The van der Waals surface area contributed by atoms with Crippen LogP contribution in [0.4, 0.5) is 0 Å². The predicted molar refractivity (Wildman–Crippen MR) is 75.1 cm³/mol. The minimum Gasteiger partial charge on any atom is -0.493 e. The fourth-order valence-electron chi connectivity index (χ4n) is 1.49. The maximum Gasteiger partial charge on any atom is 0.251 e. The van der Waals surface area contributed by atoms with E-state index in [1.807, 2.05) is 20.2 Å². The normalized spacial score (nSPS) is 11.1. The molecule has 0 aromatic heterocycles. The summed E-state index contributed by atoms with van der Waals surface area (Å²) in [5, 5.41) is 0. The first kappa shape index (κ1) is 15.0. The van der Waals surface area contributed by atoms with Gasteiger partial charge in [-0.1, -0.05) is 6.07 Å². The quantitative estimate of drug-likeness (QED) is 0.614. The zero-order chi connectivity index (χ0) is 14.4. The molecule has 0 unspecified atom stereocenters. The lowest BCUT2D eigenvalue weighted by Crippen LogP contribution is -2.20. The molecular weight excluding hydrogens is 244 g/mol. The minimum absolute atomic E-state index is 0.182. The van der Waals surface area contributed by atoms with Crippen LogP contribution in [0, 0.1) is 0 Å². The van der Waals surface area contributed by atoms with Gasteiger partial charge in [-0.2, -0.15) is 0 Å². The number of carbonyl (C=O) groups is 1. The van der Waals surface area contributed by atoms with Gasteiger partial charge in [0.15, 0.2) is 11.5 Å². The molecule has 104 valence electrons. The van der Waals surface area contributed by atoms with Crippen molar-refractivity contribution >= 4 is 11.7 Å². The van der Waals surface area contributed by atoms with E-state index in [1.165, 1.54) is 0 Å². The van der Waals surface area contributed by atoms with Gasteiger partial charge in [0.05, 0.1) is 20.6 Å². The summed E-state index contributed by atoms with van der Waals surface area (Å²) in [7, 11) is 6.84. The molecule has 1 amide bonds. The van der Waals surface area contributed by atoms with Crippen molar-refractivity contribution < 1.29 is 14.3 Å². The van der Waals surface area contributed by atoms with Crippen LogP contribution >= 0.6 is 0 Å². The van der Waals surface area contributed by atoms with Gasteiger partial charge in [0.25, 0.3) is 5.91 Å². The van der Waals surface area contributed by atoms with E-state index < -0.39 is 0 Å². The van der Waals surface area contributed by atoms with E-state index in [0.717, 1.165) is 5.56 Å². The molecule has 0 heterocycles. The Morgan fingerprint density at radius 1 is 1.21 bits per heavy atom. The van der Waals surface area contributed by atoms with Gasteiger partial charge in [0, 0.05) is 14.1 Å². The summed E-state index contributed by atoms with van der Waals surface area (Å²) >= 11 is 0. The predicted octanol–water partition coefficient (Wildman–Crippen LogP) is 1.75. The van der Waals surface area contributed by atoms with Crippen LogP contribution < -0.4 is 9.47 Å². The van der Waals surface area contributed by atoms with Crippen molar-refractivity contribution in [3.05, 3.63) is 23.8 Å². The van der Waals surface area contributed by atoms with Crippen molar-refractivity contribution in [1.82, 2.24) is 4.90 Å². The lowest BCUT2D eigenvalue weighted by Gasteiger charge is -2.11. The number of hydrogen-bond acceptors (Lipinski definition) is 3. The number of rotatable bonds is 4. The first-order chi connectivity index (χ1) is 8.97. The van der Waals surface area contributed by atoms with Crippen LogP contribution in [0.3, 0.4) is 0 Å². The van der Waals surface area contributed by atoms with E-state index in [2.05, 4.69) is 4.99 Å². The van der Waals surface area contributed by atoms with Crippen molar-refractivity contribution in [3.63, 3.8) is 0 Å². The van der Waals surface area contributed by atoms with Crippen LogP contribution in [0.2, 0.25) is 0 Å². The van der Waals surface area contributed by atoms with Crippen molar-refractivity contribution in [2.75, 3.05) is 28.3 Å². The summed E-state index contributed by atoms with van der Waals surface area (Å²) in [6, 6.07) is 5.40. The number of methoxy groups -OCH3 is 2. The highest BCUT2D eigenvalue weighted by Crippen LogP contribution is 2.27. The summed E-state index contributed by atoms with van der Waals surface area (Å²) in [5.41, 5.74) is 0.845. The van der Waals surface area contributed by atoms with Crippen molar-refractivity contribution in [2.24, 2.45) is 4.99 Å². The zero-order valence-corrected chi connectivity index (χ0v) is 12.1. The monoisotopic (exact) mass is 264 g/mol. The molecule has 0 N–H and O–H groups in total. The third-order valence-corrected chi connectivity index (χ3v) is 2.74. The Balaban J connectivity index is 2.83. The average molecular weight is 264 g/mol. The van der Waals surface area contributed by atoms with Gasteiger partial charge in [-0.15, -0.1) is 0 Å². The summed E-state index contributed by atoms with van der Waals surface area (Å²) < 4.78 is 10.3. The molecule has 19 heavy (non-hydrogen) atoms. The van der Waals surface area contributed by atoms with Crippen molar-refractivity contribution in [2.45, 2.75) is 13.3 Å². The molecule has 0 aliphatic heterocycles. The van der Waals surface area contributed by atoms with Crippen LogP contribution in [0.5, 0.6) is 11.5 Å². The fraction of sp³-hybridized carbons (Fsp3) is 0.429. The van der Waals surface area contributed by atoms with Crippen molar-refractivity contribution in [1.29, 1.82) is 0 Å². The molecule has 0 atom stereocenters. The molecule has 0 saturated carbocycles. The van der Waals surface area contributed by atoms with E-state index in [0.29, 0.717) is 17.3 Å². The van der Waals surface area contributed by atoms with E-state index in [1.54, 1.807) is 38.2 Å². The molecule has 0 bridgehead atoms. The molecular formula is C14H20N2O3. The maximum absolute atomic E-state index is 11.8. The molecule has 0 aliphatic carbocycles. The van der Waals surface area contributed by atoms with Gasteiger partial charge in [0.2, 0.25) is 0 Å². The number of nitrogens with zero attached hydrogens (tertiary/aromatic N) is 2. The Bertz CT molecular complexity index is 482. The summed E-state index contributed by atoms with van der Waals surface area (Å²) in [6.07, 6.45) is 0.242. The molecule has 0 fully saturated rings. The summed E-state index contributed by atoms with van der Waals surface area (Å²) in [6.45, 7) is 1.80. The molecule has 0 aliphatic rings. The van der Waals surface area contributed by atoms with Crippen LogP contribution in [0.1, 0.15) is 12.5 Å². The van der Waals surface area contributed by atoms with Gasteiger partial charge < -0.3 is 14.4 Å².